The Kier molecular flexibility index (Phi) is 6.03. The summed E-state index contributed by atoms with van der Waals surface area (Å²) in [6, 6.07) is 21.3. The van der Waals surface area contributed by atoms with Crippen LogP contribution in [0.3, 0.4) is 0 Å². The number of amides is 1. The lowest BCUT2D eigenvalue weighted by molar-refractivity contribution is 0.102. The lowest BCUT2D eigenvalue weighted by Crippen LogP contribution is -2.11. The minimum absolute atomic E-state index is 0.154. The molecule has 3 aromatic heterocycles. The number of fused-ring (bicyclic) bond motifs is 1. The van der Waals surface area contributed by atoms with E-state index in [1.807, 2.05) is 42.6 Å². The molecule has 0 unspecified atom stereocenters. The third kappa shape index (κ3) is 4.66. The van der Waals surface area contributed by atoms with Crippen molar-refractivity contribution in [3.63, 3.8) is 0 Å². The minimum Gasteiger partial charge on any atom is -0.321 e. The summed E-state index contributed by atoms with van der Waals surface area (Å²) in [7, 11) is 0. The molecule has 0 aliphatic rings. The molecule has 166 valence electrons. The molecular weight excluding hydrogens is 468 g/mol. The standard InChI is InChI=1S/C26H17ClN4O2S/c27-24-10-9-23(34-24)26(33)30-21-6-3-4-17(14-21)25(32)18-7-8-19-16-29-31(22(19)15-18)13-11-20-5-1-2-12-28-20/h1-16H,(H,30,33). The van der Waals surface area contributed by atoms with Crippen LogP contribution in [0.4, 0.5) is 5.69 Å². The van der Waals surface area contributed by atoms with Crippen molar-refractivity contribution in [3.8, 4) is 0 Å². The van der Waals surface area contributed by atoms with E-state index in [4.69, 9.17) is 11.6 Å². The van der Waals surface area contributed by atoms with E-state index in [0.29, 0.717) is 26.0 Å². The predicted octanol–water partition coefficient (Wildman–Crippen LogP) is 6.26. The Hall–Kier alpha value is -4.07. The quantitative estimate of drug-likeness (QED) is 0.289. The average Bonchev–Trinajstić information content (AvgIpc) is 3.49. The molecular formula is C26H17ClN4O2S. The number of anilines is 1. The van der Waals surface area contributed by atoms with E-state index in [1.165, 1.54) is 11.3 Å². The summed E-state index contributed by atoms with van der Waals surface area (Å²) in [5, 5.41) is 8.13. The maximum atomic E-state index is 13.2. The topological polar surface area (TPSA) is 76.9 Å². The van der Waals surface area contributed by atoms with Gasteiger partial charge in [-0.2, -0.15) is 5.10 Å². The van der Waals surface area contributed by atoms with Gasteiger partial charge in [0.15, 0.2) is 5.78 Å². The predicted molar refractivity (Wildman–Crippen MR) is 136 cm³/mol. The number of ketones is 1. The number of hydrogen-bond donors (Lipinski definition) is 1. The van der Waals surface area contributed by atoms with Crippen LogP contribution in [0.15, 0.2) is 85.2 Å². The first-order chi connectivity index (χ1) is 16.6. The number of halogens is 1. The third-order valence-corrected chi connectivity index (χ3v) is 6.34. The molecule has 0 spiro atoms. The second-order valence-corrected chi connectivity index (χ2v) is 9.12. The molecule has 5 aromatic rings. The monoisotopic (exact) mass is 484 g/mol. The highest BCUT2D eigenvalue weighted by molar-refractivity contribution is 7.18. The Morgan fingerprint density at radius 2 is 1.85 bits per heavy atom. The Labute approximate surface area is 204 Å². The molecule has 0 saturated heterocycles. The number of thiophene rings is 1. The van der Waals surface area contributed by atoms with Gasteiger partial charge in [-0.15, -0.1) is 11.3 Å². The number of pyridine rings is 1. The van der Waals surface area contributed by atoms with Crippen LogP contribution >= 0.6 is 22.9 Å². The summed E-state index contributed by atoms with van der Waals surface area (Å²) < 4.78 is 2.25. The lowest BCUT2D eigenvalue weighted by Gasteiger charge is -2.07. The highest BCUT2D eigenvalue weighted by atomic mass is 35.5. The zero-order chi connectivity index (χ0) is 23.5. The molecule has 0 aliphatic carbocycles. The van der Waals surface area contributed by atoms with E-state index >= 15 is 0 Å². The van der Waals surface area contributed by atoms with Gasteiger partial charge >= 0.3 is 0 Å². The Bertz CT molecular complexity index is 1540. The number of rotatable bonds is 6. The zero-order valence-corrected chi connectivity index (χ0v) is 19.3. The fraction of sp³-hybridized carbons (Fsp3) is 0. The highest BCUT2D eigenvalue weighted by Crippen LogP contribution is 2.24. The zero-order valence-electron chi connectivity index (χ0n) is 17.7. The first-order valence-electron chi connectivity index (χ1n) is 10.3. The van der Waals surface area contributed by atoms with Crippen LogP contribution in [-0.2, 0) is 0 Å². The van der Waals surface area contributed by atoms with Crippen molar-refractivity contribution in [3.05, 3.63) is 111 Å². The number of benzene rings is 2. The molecule has 34 heavy (non-hydrogen) atoms. The number of nitrogens with one attached hydrogen (secondary N) is 1. The van der Waals surface area contributed by atoms with Crippen molar-refractivity contribution in [1.29, 1.82) is 0 Å². The lowest BCUT2D eigenvalue weighted by atomic mass is 10.0. The van der Waals surface area contributed by atoms with Crippen LogP contribution in [0.5, 0.6) is 0 Å². The van der Waals surface area contributed by atoms with Crippen LogP contribution in [0.2, 0.25) is 4.34 Å². The molecule has 2 aromatic carbocycles. The summed E-state index contributed by atoms with van der Waals surface area (Å²) in [5.41, 5.74) is 3.13. The molecule has 0 aliphatic heterocycles. The molecule has 1 N–H and O–H groups in total. The Balaban J connectivity index is 1.39. The maximum absolute atomic E-state index is 13.2. The van der Waals surface area contributed by atoms with Gasteiger partial charge < -0.3 is 5.32 Å². The summed E-state index contributed by atoms with van der Waals surface area (Å²) in [4.78, 5) is 30.4. The van der Waals surface area contributed by atoms with Crippen molar-refractivity contribution in [2.24, 2.45) is 0 Å². The van der Waals surface area contributed by atoms with E-state index < -0.39 is 0 Å². The second-order valence-electron chi connectivity index (χ2n) is 7.40. The second kappa shape index (κ2) is 9.43. The van der Waals surface area contributed by atoms with E-state index in [-0.39, 0.29) is 11.7 Å². The van der Waals surface area contributed by atoms with Crippen molar-refractivity contribution in [2.75, 3.05) is 5.32 Å². The van der Waals surface area contributed by atoms with Gasteiger partial charge in [0, 0.05) is 34.6 Å². The van der Waals surface area contributed by atoms with Gasteiger partial charge in [0.1, 0.15) is 0 Å². The SMILES string of the molecule is O=C(c1cccc(NC(=O)c2ccc(Cl)s2)c1)c1ccc2cnn(C=Cc3ccccn3)c2c1. The van der Waals surface area contributed by atoms with Gasteiger partial charge in [0.25, 0.3) is 5.91 Å². The number of carbonyl (C=O) groups excluding carboxylic acids is 2. The highest BCUT2D eigenvalue weighted by Gasteiger charge is 2.14. The number of aromatic nitrogens is 3. The smallest absolute Gasteiger partial charge is 0.265 e. The van der Waals surface area contributed by atoms with Crippen LogP contribution < -0.4 is 5.32 Å². The van der Waals surface area contributed by atoms with E-state index in [0.717, 1.165) is 16.6 Å². The van der Waals surface area contributed by atoms with Crippen molar-refractivity contribution >= 4 is 63.5 Å². The van der Waals surface area contributed by atoms with Crippen molar-refractivity contribution in [2.45, 2.75) is 0 Å². The molecule has 1 amide bonds. The summed E-state index contributed by atoms with van der Waals surface area (Å²) in [6.45, 7) is 0. The first-order valence-corrected chi connectivity index (χ1v) is 11.5. The van der Waals surface area contributed by atoms with Crippen LogP contribution in [0.1, 0.15) is 31.3 Å². The molecule has 0 atom stereocenters. The van der Waals surface area contributed by atoms with Gasteiger partial charge in [0.05, 0.1) is 26.6 Å². The summed E-state index contributed by atoms with van der Waals surface area (Å²) in [5.74, 6) is -0.426. The molecule has 0 saturated carbocycles. The molecule has 6 nitrogen and oxygen atoms in total. The molecule has 0 bridgehead atoms. The van der Waals surface area contributed by atoms with Crippen LogP contribution in [-0.4, -0.2) is 26.5 Å². The van der Waals surface area contributed by atoms with Crippen molar-refractivity contribution in [1.82, 2.24) is 14.8 Å². The molecule has 3 heterocycles. The van der Waals surface area contributed by atoms with Gasteiger partial charge in [-0.25, -0.2) is 4.68 Å². The van der Waals surface area contributed by atoms with E-state index in [9.17, 15) is 9.59 Å². The average molecular weight is 485 g/mol. The maximum Gasteiger partial charge on any atom is 0.265 e. The largest absolute Gasteiger partial charge is 0.321 e. The van der Waals surface area contributed by atoms with Gasteiger partial charge in [-0.3, -0.25) is 14.6 Å². The minimum atomic E-state index is -0.272. The third-order valence-electron chi connectivity index (χ3n) is 5.11. The summed E-state index contributed by atoms with van der Waals surface area (Å²) >= 11 is 7.11. The van der Waals surface area contributed by atoms with Crippen molar-refractivity contribution < 1.29 is 9.59 Å². The Morgan fingerprint density at radius 3 is 2.65 bits per heavy atom. The van der Waals surface area contributed by atoms with E-state index in [2.05, 4.69) is 15.4 Å². The molecule has 0 fully saturated rings. The summed E-state index contributed by atoms with van der Waals surface area (Å²) in [6.07, 6.45) is 7.14. The molecule has 5 rings (SSSR count). The van der Waals surface area contributed by atoms with E-state index in [1.54, 1.807) is 59.5 Å². The number of carbonyl (C=O) groups is 2. The normalized spacial score (nSPS) is 11.2. The fourth-order valence-corrected chi connectivity index (χ4v) is 4.39. The Morgan fingerprint density at radius 1 is 0.971 bits per heavy atom. The first kappa shape index (κ1) is 21.8. The number of nitrogens with zero attached hydrogens (tertiary/aromatic N) is 3. The molecule has 8 heteroatoms. The number of hydrogen-bond acceptors (Lipinski definition) is 5. The van der Waals surface area contributed by atoms with Gasteiger partial charge in [-0.05, 0) is 48.5 Å². The van der Waals surface area contributed by atoms with Gasteiger partial charge in [-0.1, -0.05) is 41.9 Å². The van der Waals surface area contributed by atoms with Crippen LogP contribution in [0.25, 0.3) is 23.2 Å². The van der Waals surface area contributed by atoms with Gasteiger partial charge in [0.2, 0.25) is 0 Å². The van der Waals surface area contributed by atoms with Crippen LogP contribution in [0, 0.1) is 0 Å². The molecule has 0 radical (unpaired) electrons. The fourth-order valence-electron chi connectivity index (χ4n) is 3.45.